The summed E-state index contributed by atoms with van der Waals surface area (Å²) in [5.41, 5.74) is 0. The van der Waals surface area contributed by atoms with Gasteiger partial charge < -0.3 is 14.4 Å². The number of rotatable bonds is 15. The Hall–Kier alpha value is -1.64. The van der Waals surface area contributed by atoms with E-state index in [1.165, 1.54) is 18.9 Å². The molecular formula is C21H37NO7S. The van der Waals surface area contributed by atoms with Crippen molar-refractivity contribution in [1.82, 2.24) is 4.90 Å². The zero-order chi connectivity index (χ0) is 22.6. The summed E-state index contributed by atoms with van der Waals surface area (Å²) in [6.45, 7) is 3.83. The number of unbranched alkanes of at least 4 members (excludes halogenated alkanes) is 5. The fourth-order valence-corrected chi connectivity index (χ4v) is 5.57. The second-order valence-corrected chi connectivity index (χ2v) is 10.1. The lowest BCUT2D eigenvalue weighted by Crippen LogP contribution is -2.37. The van der Waals surface area contributed by atoms with E-state index in [-0.39, 0.29) is 30.4 Å². The van der Waals surface area contributed by atoms with Crippen LogP contribution in [0.1, 0.15) is 84.5 Å². The summed E-state index contributed by atoms with van der Waals surface area (Å²) in [6.07, 6.45) is 7.47. The SMILES string of the molecule is CCCCCC(CCC1N(CCCCCCC(=O)OC)C(=O)CS1(=O)=O)OC(C)=O. The molecule has 0 radical (unpaired) electrons. The Labute approximate surface area is 180 Å². The standard InChI is InChI=1S/C21H37NO7S/c1-4-5-8-11-18(29-17(2)23)13-14-20-22(19(24)16-30(20,26)27)15-10-7-6-9-12-21(25)28-3/h18,20H,4-16H2,1-3H3. The maximum Gasteiger partial charge on any atom is 0.305 e. The van der Waals surface area contributed by atoms with E-state index < -0.39 is 21.0 Å². The molecule has 1 rings (SSSR count). The molecule has 0 saturated carbocycles. The fourth-order valence-electron chi connectivity index (χ4n) is 3.76. The Morgan fingerprint density at radius 3 is 2.43 bits per heavy atom. The van der Waals surface area contributed by atoms with Gasteiger partial charge in [-0.05, 0) is 38.5 Å². The second-order valence-electron chi connectivity index (χ2n) is 7.89. The number of ether oxygens (including phenoxy) is 2. The highest BCUT2D eigenvalue weighted by molar-refractivity contribution is 7.93. The van der Waals surface area contributed by atoms with Crippen molar-refractivity contribution in [2.24, 2.45) is 0 Å². The molecule has 174 valence electrons. The number of hydrogen-bond acceptors (Lipinski definition) is 7. The molecule has 2 unspecified atom stereocenters. The number of carbonyl (C=O) groups excluding carboxylic acids is 3. The number of hydrogen-bond donors (Lipinski definition) is 0. The fraction of sp³-hybridized carbons (Fsp3) is 0.857. The second kappa shape index (κ2) is 13.6. The van der Waals surface area contributed by atoms with Crippen molar-refractivity contribution in [2.75, 3.05) is 19.4 Å². The van der Waals surface area contributed by atoms with Crippen LogP contribution in [0.4, 0.5) is 0 Å². The molecule has 0 aromatic heterocycles. The zero-order valence-electron chi connectivity index (χ0n) is 18.6. The lowest BCUT2D eigenvalue weighted by Gasteiger charge is -2.25. The summed E-state index contributed by atoms with van der Waals surface area (Å²) in [7, 11) is -2.16. The van der Waals surface area contributed by atoms with Crippen molar-refractivity contribution in [2.45, 2.75) is 96.0 Å². The first-order chi connectivity index (χ1) is 14.2. The third-order valence-electron chi connectivity index (χ3n) is 5.36. The zero-order valence-corrected chi connectivity index (χ0v) is 19.4. The summed E-state index contributed by atoms with van der Waals surface area (Å²) in [5.74, 6) is -1.42. The van der Waals surface area contributed by atoms with E-state index in [0.29, 0.717) is 38.6 Å². The van der Waals surface area contributed by atoms with Gasteiger partial charge in [0.25, 0.3) is 0 Å². The predicted octanol–water partition coefficient (Wildman–Crippen LogP) is 2.99. The van der Waals surface area contributed by atoms with Crippen molar-refractivity contribution < 1.29 is 32.3 Å². The van der Waals surface area contributed by atoms with Crippen LogP contribution in [0.3, 0.4) is 0 Å². The monoisotopic (exact) mass is 447 g/mol. The minimum atomic E-state index is -3.52. The van der Waals surface area contributed by atoms with Gasteiger partial charge in [-0.25, -0.2) is 8.42 Å². The molecule has 9 heteroatoms. The van der Waals surface area contributed by atoms with Crippen LogP contribution in [-0.4, -0.2) is 62.0 Å². The van der Waals surface area contributed by atoms with Crippen LogP contribution in [0.5, 0.6) is 0 Å². The number of sulfone groups is 1. The van der Waals surface area contributed by atoms with Crippen LogP contribution in [0.2, 0.25) is 0 Å². The van der Waals surface area contributed by atoms with Gasteiger partial charge in [0.15, 0.2) is 9.84 Å². The summed E-state index contributed by atoms with van der Waals surface area (Å²) in [4.78, 5) is 36.2. The normalized spacial score (nSPS) is 19.0. The molecule has 1 saturated heterocycles. The molecule has 0 N–H and O–H groups in total. The molecule has 1 heterocycles. The molecule has 8 nitrogen and oxygen atoms in total. The third-order valence-corrected chi connectivity index (χ3v) is 7.33. The van der Waals surface area contributed by atoms with E-state index in [1.54, 1.807) is 0 Å². The molecule has 1 amide bonds. The number of methoxy groups -OCH3 is 1. The molecule has 0 aromatic carbocycles. The molecule has 0 aromatic rings. The smallest absolute Gasteiger partial charge is 0.305 e. The van der Waals surface area contributed by atoms with Gasteiger partial charge in [0.05, 0.1) is 7.11 Å². The van der Waals surface area contributed by atoms with Gasteiger partial charge in [-0.3, -0.25) is 14.4 Å². The average molecular weight is 448 g/mol. The highest BCUT2D eigenvalue weighted by Crippen LogP contribution is 2.26. The quantitative estimate of drug-likeness (QED) is 0.280. The summed E-state index contributed by atoms with van der Waals surface area (Å²) in [6, 6.07) is 0. The lowest BCUT2D eigenvalue weighted by molar-refractivity contribution is -0.147. The van der Waals surface area contributed by atoms with Gasteiger partial charge in [-0.15, -0.1) is 0 Å². The maximum absolute atomic E-state index is 12.5. The first-order valence-electron chi connectivity index (χ1n) is 11.0. The van der Waals surface area contributed by atoms with Crippen molar-refractivity contribution in [3.05, 3.63) is 0 Å². The van der Waals surface area contributed by atoms with Crippen LogP contribution in [0, 0.1) is 0 Å². The van der Waals surface area contributed by atoms with Gasteiger partial charge in [0.1, 0.15) is 17.2 Å². The van der Waals surface area contributed by atoms with Crippen LogP contribution < -0.4 is 0 Å². The minimum Gasteiger partial charge on any atom is -0.469 e. The van der Waals surface area contributed by atoms with E-state index in [9.17, 15) is 22.8 Å². The van der Waals surface area contributed by atoms with Crippen LogP contribution in [-0.2, 0) is 33.7 Å². The molecule has 0 bridgehead atoms. The van der Waals surface area contributed by atoms with Gasteiger partial charge >= 0.3 is 11.9 Å². The van der Waals surface area contributed by atoms with Crippen molar-refractivity contribution in [3.8, 4) is 0 Å². The van der Waals surface area contributed by atoms with E-state index >= 15 is 0 Å². The minimum absolute atomic E-state index is 0.239. The van der Waals surface area contributed by atoms with Gasteiger partial charge in [0.2, 0.25) is 5.91 Å². The van der Waals surface area contributed by atoms with Gasteiger partial charge in [-0.2, -0.15) is 0 Å². The van der Waals surface area contributed by atoms with Gasteiger partial charge in [0, 0.05) is 19.9 Å². The van der Waals surface area contributed by atoms with Crippen molar-refractivity contribution in [1.29, 1.82) is 0 Å². The molecule has 1 aliphatic rings. The van der Waals surface area contributed by atoms with Crippen LogP contribution in [0.15, 0.2) is 0 Å². The third kappa shape index (κ3) is 9.45. The van der Waals surface area contributed by atoms with E-state index in [2.05, 4.69) is 11.7 Å². The molecular weight excluding hydrogens is 410 g/mol. The van der Waals surface area contributed by atoms with Gasteiger partial charge in [-0.1, -0.05) is 32.6 Å². The Morgan fingerprint density at radius 2 is 1.80 bits per heavy atom. The first kappa shape index (κ1) is 26.4. The van der Waals surface area contributed by atoms with E-state index in [4.69, 9.17) is 4.74 Å². The van der Waals surface area contributed by atoms with E-state index in [0.717, 1.165) is 32.1 Å². The topological polar surface area (TPSA) is 107 Å². The number of esters is 2. The lowest BCUT2D eigenvalue weighted by atomic mass is 10.1. The highest BCUT2D eigenvalue weighted by atomic mass is 32.2. The Balaban J connectivity index is 2.57. The molecule has 2 atom stereocenters. The first-order valence-corrected chi connectivity index (χ1v) is 12.7. The van der Waals surface area contributed by atoms with Crippen LogP contribution in [0.25, 0.3) is 0 Å². The maximum atomic E-state index is 12.5. The summed E-state index contributed by atoms with van der Waals surface area (Å²) >= 11 is 0. The largest absolute Gasteiger partial charge is 0.469 e. The predicted molar refractivity (Wildman–Crippen MR) is 113 cm³/mol. The Morgan fingerprint density at radius 1 is 1.10 bits per heavy atom. The average Bonchev–Trinajstić information content (AvgIpc) is 2.89. The molecule has 0 aliphatic carbocycles. The number of nitrogens with zero attached hydrogens (tertiary/aromatic N) is 1. The van der Waals surface area contributed by atoms with Crippen molar-refractivity contribution in [3.63, 3.8) is 0 Å². The summed E-state index contributed by atoms with van der Waals surface area (Å²) in [5, 5.41) is -0.843. The van der Waals surface area contributed by atoms with Crippen molar-refractivity contribution >= 4 is 27.7 Å². The van der Waals surface area contributed by atoms with Crippen LogP contribution >= 0.6 is 0 Å². The highest BCUT2D eigenvalue weighted by Gasteiger charge is 2.43. The molecule has 1 aliphatic heterocycles. The summed E-state index contributed by atoms with van der Waals surface area (Å²) < 4.78 is 35.0. The molecule has 30 heavy (non-hydrogen) atoms. The number of amides is 1. The number of carbonyl (C=O) groups is 3. The Kier molecular flexibility index (Phi) is 12.0. The molecule has 1 fully saturated rings. The molecule has 0 spiro atoms. The Bertz CT molecular complexity index is 662. The van der Waals surface area contributed by atoms with E-state index in [1.807, 2.05) is 0 Å².